The zero-order valence-corrected chi connectivity index (χ0v) is 50.3. The van der Waals surface area contributed by atoms with Gasteiger partial charge >= 0.3 is 11.9 Å². The number of carbonyl (C=O) groups excluding carboxylic acids is 5. The molecule has 15 atom stereocenters. The summed E-state index contributed by atoms with van der Waals surface area (Å²) in [4.78, 5) is 71.5. The van der Waals surface area contributed by atoms with Gasteiger partial charge in [0.25, 0.3) is 11.7 Å². The fourth-order valence-corrected chi connectivity index (χ4v) is 11.7. The Morgan fingerprint density at radius 3 is 2.12 bits per heavy atom. The maximum Gasteiger partial charge on any atom is 0.329 e. The summed E-state index contributed by atoms with van der Waals surface area (Å²) >= 11 is 0. The summed E-state index contributed by atoms with van der Waals surface area (Å²) in [5.74, 6) is -6.79. The number of ether oxygens (including phenoxy) is 10. The Balaban J connectivity index is 1.52. The second-order valence-electron chi connectivity index (χ2n) is 23.1. The number of aliphatic hydroxyl groups excluding tert-OH is 1. The zero-order chi connectivity index (χ0) is 58.8. The van der Waals surface area contributed by atoms with Crippen LogP contribution >= 0.6 is 0 Å². The van der Waals surface area contributed by atoms with E-state index in [4.69, 9.17) is 47.4 Å². The van der Waals surface area contributed by atoms with Crippen molar-refractivity contribution in [1.82, 2.24) is 4.90 Å². The van der Waals surface area contributed by atoms with Crippen LogP contribution in [0.2, 0.25) is 0 Å². The van der Waals surface area contributed by atoms with Crippen LogP contribution in [0.4, 0.5) is 0 Å². The van der Waals surface area contributed by atoms with E-state index < -0.39 is 77.9 Å². The smallest absolute Gasteiger partial charge is 0.329 e. The maximum atomic E-state index is 14.6. The number of hydrogen-bond acceptors (Lipinski definition) is 17. The molecule has 0 spiro atoms. The lowest BCUT2D eigenvalue weighted by Gasteiger charge is -2.42. The number of Topliss-reactive ketones (excluding diaryl/α,β-unsaturated/α-hetero) is 2. The average molecular weight is 1130 g/mol. The molecule has 4 aliphatic rings. The van der Waals surface area contributed by atoms with Crippen LogP contribution in [-0.2, 0) is 71.3 Å². The largest absolute Gasteiger partial charge is 0.461 e. The van der Waals surface area contributed by atoms with Gasteiger partial charge in [0.15, 0.2) is 5.78 Å². The lowest BCUT2D eigenvalue weighted by atomic mass is 9.78. The number of esters is 2. The molecule has 4 rings (SSSR count). The topological polar surface area (TPSA) is 221 Å². The summed E-state index contributed by atoms with van der Waals surface area (Å²) in [6.45, 7) is 16.7. The van der Waals surface area contributed by atoms with E-state index in [9.17, 15) is 34.2 Å². The Morgan fingerprint density at radius 2 is 1.45 bits per heavy atom. The van der Waals surface area contributed by atoms with E-state index in [1.54, 1.807) is 35.2 Å². The molecule has 0 aromatic rings. The Morgan fingerprint density at radius 1 is 0.750 bits per heavy atom. The average Bonchev–Trinajstić information content (AvgIpc) is 3.49. The Bertz CT molecular complexity index is 2020. The van der Waals surface area contributed by atoms with Gasteiger partial charge in [-0.25, -0.2) is 4.79 Å². The molecular weight excluding hydrogens is 1030 g/mol. The third-order valence-corrected chi connectivity index (χ3v) is 16.6. The number of aliphatic hydroxyl groups is 2. The molecule has 0 aromatic carbocycles. The monoisotopic (exact) mass is 1130 g/mol. The number of cyclic esters (lactones) is 1. The van der Waals surface area contributed by atoms with Gasteiger partial charge in [-0.3, -0.25) is 19.2 Å². The number of amides is 1. The van der Waals surface area contributed by atoms with Gasteiger partial charge in [-0.15, -0.1) is 0 Å². The van der Waals surface area contributed by atoms with Crippen LogP contribution in [-0.4, -0.2) is 180 Å². The SMILES string of the molecule is COCCOCCOCCOCCCC(=O)O[C@@H]1CC[C@@H](C[C@@H](C)[C@@H]2CC[C@H](C)/C=C(\C)[C@@H](O)[C@@H](OC)C(=O)[C@H](C)C[C@H](C)/C=C/C=C/C=C(\C)[C@@H](OC)C[C@@H]3CC[C@@H](C)[C@@](O)(O3)C(=O)C(=O)N3CCCC[C@H]3C(=O)O2)C[C@H]1OC. The highest BCUT2D eigenvalue weighted by atomic mass is 16.6. The number of hydrogen-bond donors (Lipinski definition) is 2. The minimum Gasteiger partial charge on any atom is -0.461 e. The van der Waals surface area contributed by atoms with Crippen LogP contribution < -0.4 is 0 Å². The van der Waals surface area contributed by atoms with Crippen molar-refractivity contribution in [3.63, 3.8) is 0 Å². The minimum absolute atomic E-state index is 0.0470. The molecule has 18 nitrogen and oxygen atoms in total. The summed E-state index contributed by atoms with van der Waals surface area (Å²) in [6.07, 6.45) is 14.7. The number of rotatable bonds is 20. The molecule has 3 aliphatic heterocycles. The summed E-state index contributed by atoms with van der Waals surface area (Å²) in [6, 6.07) is -1.06. The molecule has 2 bridgehead atoms. The number of allylic oxidation sites excluding steroid dienone is 6. The molecule has 3 heterocycles. The lowest BCUT2D eigenvalue weighted by molar-refractivity contribution is -0.265. The molecule has 3 fully saturated rings. The Kier molecular flexibility index (Phi) is 31.1. The fourth-order valence-electron chi connectivity index (χ4n) is 11.7. The molecule has 1 saturated carbocycles. The van der Waals surface area contributed by atoms with Gasteiger partial charge in [0.05, 0.1) is 58.0 Å². The standard InChI is InChI=1S/C62H101NO17/c1-41-18-13-12-14-19-43(3)53(72-9)40-49-25-23-47(7)62(70,80-49)59(67)60(68)63-28-16-15-20-50(63)61(69)79-51(26-22-42(2)37-46(6)57(66)58(74-11)56(65)45(5)36-41)44(4)38-48-24-27-52(54(39-48)73-10)78-55(64)21-17-29-75-32-33-77-35-34-76-31-30-71-8/h12-14,18-19,37,41-42,44-45,47-54,57-58,66,70H,15-17,20-36,38-40H2,1-11H3/b14-12+,18-13+,43-19+,46-37+/t41-,42+,44-,45-,47-,48+,49+,50+,51+,52-,53+,54-,57-,58+,62-/m1/s1. The first-order chi connectivity index (χ1) is 38.3. The van der Waals surface area contributed by atoms with Gasteiger partial charge in [0.2, 0.25) is 5.79 Å². The number of methoxy groups -OCH3 is 4. The van der Waals surface area contributed by atoms with E-state index in [-0.39, 0.29) is 60.9 Å². The number of fused-ring (bicyclic) bond motifs is 3. The van der Waals surface area contributed by atoms with Crippen molar-refractivity contribution >= 4 is 29.4 Å². The van der Waals surface area contributed by atoms with E-state index >= 15 is 0 Å². The van der Waals surface area contributed by atoms with Crippen LogP contribution in [0.25, 0.3) is 0 Å². The van der Waals surface area contributed by atoms with Crippen LogP contribution in [0.3, 0.4) is 0 Å². The molecule has 80 heavy (non-hydrogen) atoms. The summed E-state index contributed by atoms with van der Waals surface area (Å²) in [5, 5.41) is 23.7. The summed E-state index contributed by atoms with van der Waals surface area (Å²) in [5.41, 5.74) is 1.48. The molecular formula is C62H101NO17. The van der Waals surface area contributed by atoms with Crippen molar-refractivity contribution in [1.29, 1.82) is 0 Å². The number of carbonyl (C=O) groups is 5. The predicted octanol–water partition coefficient (Wildman–Crippen LogP) is 8.03. The second-order valence-corrected chi connectivity index (χ2v) is 23.1. The normalized spacial score (nSPS) is 35.0. The first kappa shape index (κ1) is 68.8. The van der Waals surface area contributed by atoms with Gasteiger partial charge in [-0.05, 0) is 132 Å². The molecule has 456 valence electrons. The predicted molar refractivity (Wildman–Crippen MR) is 302 cm³/mol. The van der Waals surface area contributed by atoms with Crippen molar-refractivity contribution in [3.8, 4) is 0 Å². The molecule has 0 radical (unpaired) electrons. The highest BCUT2D eigenvalue weighted by molar-refractivity contribution is 6.39. The Hall–Kier alpha value is -3.69. The van der Waals surface area contributed by atoms with Crippen molar-refractivity contribution < 1.29 is 81.6 Å². The van der Waals surface area contributed by atoms with Crippen LogP contribution in [0, 0.1) is 35.5 Å². The first-order valence-corrected chi connectivity index (χ1v) is 29.7. The lowest BCUT2D eigenvalue weighted by Crippen LogP contribution is -2.61. The van der Waals surface area contributed by atoms with Crippen molar-refractivity contribution in [3.05, 3.63) is 47.6 Å². The molecule has 1 aliphatic carbocycles. The zero-order valence-electron chi connectivity index (χ0n) is 50.3. The molecule has 0 aromatic heterocycles. The van der Waals surface area contributed by atoms with Crippen molar-refractivity contribution in [2.24, 2.45) is 35.5 Å². The summed E-state index contributed by atoms with van der Waals surface area (Å²) < 4.78 is 57.6. The van der Waals surface area contributed by atoms with E-state index in [0.717, 1.165) is 12.0 Å². The first-order valence-electron chi connectivity index (χ1n) is 29.7. The fraction of sp³-hybridized carbons (Fsp3) is 0.790. The molecule has 0 unspecified atom stereocenters. The van der Waals surface area contributed by atoms with Crippen LogP contribution in [0.15, 0.2) is 47.6 Å². The highest BCUT2D eigenvalue weighted by Crippen LogP contribution is 2.38. The van der Waals surface area contributed by atoms with Crippen molar-refractivity contribution in [2.45, 2.75) is 199 Å². The van der Waals surface area contributed by atoms with Gasteiger partial charge < -0.3 is 62.5 Å². The number of piperidine rings is 1. The number of nitrogens with zero attached hydrogens (tertiary/aromatic N) is 1. The van der Waals surface area contributed by atoms with Gasteiger partial charge in [-0.1, -0.05) is 71.1 Å². The van der Waals surface area contributed by atoms with E-state index in [1.165, 1.54) is 12.0 Å². The summed E-state index contributed by atoms with van der Waals surface area (Å²) in [7, 11) is 6.27. The molecule has 2 N–H and O–H groups in total. The molecule has 18 heteroatoms. The number of ketones is 2. The molecule has 2 saturated heterocycles. The van der Waals surface area contributed by atoms with Crippen LogP contribution in [0.1, 0.15) is 145 Å². The van der Waals surface area contributed by atoms with Gasteiger partial charge in [-0.2, -0.15) is 0 Å². The quantitative estimate of drug-likeness (QED) is 0.0510. The molecule has 1 amide bonds. The van der Waals surface area contributed by atoms with E-state index in [2.05, 4.69) is 6.92 Å². The maximum absolute atomic E-state index is 14.6. The second kappa shape index (κ2) is 36.1. The van der Waals surface area contributed by atoms with E-state index in [0.29, 0.717) is 129 Å². The van der Waals surface area contributed by atoms with Gasteiger partial charge in [0, 0.05) is 66.3 Å². The van der Waals surface area contributed by atoms with E-state index in [1.807, 2.05) is 64.2 Å². The third kappa shape index (κ3) is 21.8. The minimum atomic E-state index is -2.41. The Labute approximate surface area is 478 Å². The third-order valence-electron chi connectivity index (χ3n) is 16.6. The van der Waals surface area contributed by atoms with Gasteiger partial charge in [0.1, 0.15) is 30.5 Å². The van der Waals surface area contributed by atoms with Crippen molar-refractivity contribution in [2.75, 3.05) is 81.2 Å². The highest BCUT2D eigenvalue weighted by Gasteiger charge is 2.53. The van der Waals surface area contributed by atoms with Crippen LogP contribution in [0.5, 0.6) is 0 Å².